The van der Waals surface area contributed by atoms with Gasteiger partial charge in [0.1, 0.15) is 17.1 Å². The molecule has 8 nitrogen and oxygen atoms in total. The zero-order valence-electron chi connectivity index (χ0n) is 17.0. The van der Waals surface area contributed by atoms with Gasteiger partial charge in [-0.3, -0.25) is 4.79 Å². The van der Waals surface area contributed by atoms with Crippen molar-refractivity contribution < 1.29 is 18.0 Å². The van der Waals surface area contributed by atoms with Crippen molar-refractivity contribution in [2.75, 3.05) is 19.4 Å². The second-order valence-corrected chi connectivity index (χ2v) is 7.36. The highest BCUT2D eigenvalue weighted by atomic mass is 19.4. The van der Waals surface area contributed by atoms with E-state index in [-0.39, 0.29) is 41.1 Å². The van der Waals surface area contributed by atoms with Crippen LogP contribution in [0.25, 0.3) is 11.5 Å². The Kier molecular flexibility index (Phi) is 5.99. The first-order chi connectivity index (χ1) is 14.0. The van der Waals surface area contributed by atoms with Crippen molar-refractivity contribution >= 4 is 23.5 Å². The van der Waals surface area contributed by atoms with Crippen molar-refractivity contribution in [3.63, 3.8) is 0 Å². The van der Waals surface area contributed by atoms with Crippen LogP contribution in [0.4, 0.5) is 25.1 Å². The van der Waals surface area contributed by atoms with Crippen LogP contribution in [-0.2, 0) is 11.0 Å². The highest BCUT2D eigenvalue weighted by Gasteiger charge is 2.33. The normalized spacial score (nSPS) is 15.6. The topological polar surface area (TPSA) is 96.3 Å². The summed E-state index contributed by atoms with van der Waals surface area (Å²) in [5, 5.41) is 3.15. The molecule has 2 aromatic heterocycles. The molecule has 1 amide bonds. The summed E-state index contributed by atoms with van der Waals surface area (Å²) in [5.41, 5.74) is -0.983. The molecule has 11 heteroatoms. The van der Waals surface area contributed by atoms with Crippen LogP contribution in [0.3, 0.4) is 0 Å². The number of carbonyl (C=O) groups is 1. The number of aliphatic imine (C=N–C) groups is 1. The number of hydrogen-bond donors (Lipinski definition) is 1. The lowest BCUT2D eigenvalue weighted by Crippen LogP contribution is -2.28. The van der Waals surface area contributed by atoms with Crippen LogP contribution in [0.1, 0.15) is 32.4 Å². The molecule has 30 heavy (non-hydrogen) atoms. The Morgan fingerprint density at radius 1 is 1.20 bits per heavy atom. The van der Waals surface area contributed by atoms with Crippen LogP contribution in [0.2, 0.25) is 0 Å². The third-order valence-corrected chi connectivity index (χ3v) is 4.56. The van der Waals surface area contributed by atoms with Crippen molar-refractivity contribution in [2.24, 2.45) is 10.9 Å². The summed E-state index contributed by atoms with van der Waals surface area (Å²) in [7, 11) is 3.16. The summed E-state index contributed by atoms with van der Waals surface area (Å²) >= 11 is 0. The maximum absolute atomic E-state index is 13.1. The molecule has 2 heterocycles. The van der Waals surface area contributed by atoms with Crippen molar-refractivity contribution in [1.82, 2.24) is 24.8 Å². The van der Waals surface area contributed by atoms with Crippen LogP contribution in [0.15, 0.2) is 23.2 Å². The lowest BCUT2D eigenvalue weighted by molar-refractivity contribution is -0.141. The Bertz CT molecular complexity index is 971. The van der Waals surface area contributed by atoms with Gasteiger partial charge in [0.2, 0.25) is 5.95 Å². The lowest BCUT2D eigenvalue weighted by atomic mass is 10.2. The van der Waals surface area contributed by atoms with E-state index in [1.165, 1.54) is 24.0 Å². The fourth-order valence-electron chi connectivity index (χ4n) is 2.75. The number of nitrogens with one attached hydrogen (secondary N) is 1. The van der Waals surface area contributed by atoms with Gasteiger partial charge in [-0.25, -0.2) is 9.98 Å². The van der Waals surface area contributed by atoms with Gasteiger partial charge < -0.3 is 10.2 Å². The summed E-state index contributed by atoms with van der Waals surface area (Å²) < 4.78 is 39.2. The van der Waals surface area contributed by atoms with Crippen molar-refractivity contribution in [1.29, 1.82) is 0 Å². The standard InChI is InChI=1S/C19H22F3N7O/c1-10(12-8-9-12)23-17-26-15(13-6-5-7-14(25-13)19(20,21)22)27-18(28-17)24-11(2)16(30)29(3)4/h5-7,10,12H,8-9H2,1-4H3,(H,23,26,27,28)/b24-11+/t10-/m1/s1. The molecule has 0 saturated heterocycles. The summed E-state index contributed by atoms with van der Waals surface area (Å²) in [4.78, 5) is 33.8. The molecular formula is C19H22F3N7O. The average molecular weight is 421 g/mol. The molecule has 3 rings (SSSR count). The molecule has 2 aromatic rings. The molecule has 0 aromatic carbocycles. The molecular weight excluding hydrogens is 399 g/mol. The third kappa shape index (κ3) is 5.28. The van der Waals surface area contributed by atoms with E-state index in [0.717, 1.165) is 18.9 Å². The first-order valence-corrected chi connectivity index (χ1v) is 9.39. The second kappa shape index (κ2) is 8.33. The van der Waals surface area contributed by atoms with E-state index in [9.17, 15) is 18.0 Å². The van der Waals surface area contributed by atoms with E-state index in [1.54, 1.807) is 14.1 Å². The Balaban J connectivity index is 2.03. The summed E-state index contributed by atoms with van der Waals surface area (Å²) in [6, 6.07) is 3.57. The first-order valence-electron chi connectivity index (χ1n) is 9.39. The predicted octanol–water partition coefficient (Wildman–Crippen LogP) is 3.34. The van der Waals surface area contributed by atoms with Gasteiger partial charge >= 0.3 is 6.18 Å². The largest absolute Gasteiger partial charge is 0.433 e. The van der Waals surface area contributed by atoms with E-state index in [1.807, 2.05) is 6.92 Å². The number of anilines is 1. The number of aromatic nitrogens is 4. The van der Waals surface area contributed by atoms with Crippen LogP contribution in [0.5, 0.6) is 0 Å². The molecule has 1 aliphatic rings. The van der Waals surface area contributed by atoms with Gasteiger partial charge in [0, 0.05) is 20.1 Å². The highest BCUT2D eigenvalue weighted by Crippen LogP contribution is 2.34. The Morgan fingerprint density at radius 2 is 1.90 bits per heavy atom. The fourth-order valence-corrected chi connectivity index (χ4v) is 2.75. The van der Waals surface area contributed by atoms with E-state index in [2.05, 4.69) is 30.2 Å². The van der Waals surface area contributed by atoms with Gasteiger partial charge in [0.05, 0.1) is 0 Å². The molecule has 0 bridgehead atoms. The molecule has 1 fully saturated rings. The molecule has 1 aliphatic carbocycles. The Hall–Kier alpha value is -3.11. The quantitative estimate of drug-likeness (QED) is 0.719. The second-order valence-electron chi connectivity index (χ2n) is 7.36. The molecule has 0 aliphatic heterocycles. The Labute approximate surface area is 171 Å². The molecule has 1 saturated carbocycles. The minimum atomic E-state index is -4.60. The number of hydrogen-bond acceptors (Lipinski definition) is 7. The van der Waals surface area contributed by atoms with E-state index in [0.29, 0.717) is 5.92 Å². The summed E-state index contributed by atoms with van der Waals surface area (Å²) in [5.74, 6) is 0.168. The zero-order chi connectivity index (χ0) is 22.1. The minimum absolute atomic E-state index is 0.0644. The van der Waals surface area contributed by atoms with Gasteiger partial charge in [0.25, 0.3) is 11.9 Å². The number of nitrogens with zero attached hydrogens (tertiary/aromatic N) is 6. The molecule has 160 valence electrons. The number of carbonyl (C=O) groups excluding carboxylic acids is 1. The summed E-state index contributed by atoms with van der Waals surface area (Å²) in [6.45, 7) is 3.49. The van der Waals surface area contributed by atoms with Crippen molar-refractivity contribution in [2.45, 2.75) is 38.9 Å². The van der Waals surface area contributed by atoms with Crippen LogP contribution in [0, 0.1) is 5.92 Å². The number of pyridine rings is 1. The average Bonchev–Trinajstić information content (AvgIpc) is 3.52. The van der Waals surface area contributed by atoms with Gasteiger partial charge in [-0.15, -0.1) is 0 Å². The predicted molar refractivity (Wildman–Crippen MR) is 105 cm³/mol. The molecule has 0 radical (unpaired) electrons. The number of alkyl halides is 3. The van der Waals surface area contributed by atoms with E-state index < -0.39 is 11.9 Å². The summed E-state index contributed by atoms with van der Waals surface area (Å²) in [6.07, 6.45) is -2.42. The maximum atomic E-state index is 13.1. The molecule has 0 unspecified atom stereocenters. The monoisotopic (exact) mass is 421 g/mol. The zero-order valence-corrected chi connectivity index (χ0v) is 17.0. The SMILES string of the molecule is C/C(=N\c1nc(N[C@H](C)C2CC2)nc(-c2cccc(C(F)(F)F)n2)n1)C(=O)N(C)C. The number of amides is 1. The maximum Gasteiger partial charge on any atom is 0.433 e. The molecule has 1 atom stereocenters. The molecule has 0 spiro atoms. The van der Waals surface area contributed by atoms with Crippen LogP contribution < -0.4 is 5.32 Å². The van der Waals surface area contributed by atoms with Gasteiger partial charge in [-0.1, -0.05) is 6.07 Å². The lowest BCUT2D eigenvalue weighted by Gasteiger charge is -2.14. The fraction of sp³-hybridized carbons (Fsp3) is 0.474. The van der Waals surface area contributed by atoms with Crippen molar-refractivity contribution in [3.8, 4) is 11.5 Å². The molecule has 1 N–H and O–H groups in total. The van der Waals surface area contributed by atoms with Crippen LogP contribution in [-0.4, -0.2) is 56.6 Å². The van der Waals surface area contributed by atoms with Crippen molar-refractivity contribution in [3.05, 3.63) is 23.9 Å². The third-order valence-electron chi connectivity index (χ3n) is 4.56. The van der Waals surface area contributed by atoms with E-state index in [4.69, 9.17) is 0 Å². The Morgan fingerprint density at radius 3 is 2.50 bits per heavy atom. The minimum Gasteiger partial charge on any atom is -0.351 e. The smallest absolute Gasteiger partial charge is 0.351 e. The number of halogens is 3. The number of rotatable bonds is 6. The van der Waals surface area contributed by atoms with E-state index >= 15 is 0 Å². The first kappa shape index (κ1) is 21.6. The van der Waals surface area contributed by atoms with Crippen LogP contribution >= 0.6 is 0 Å². The van der Waals surface area contributed by atoms with Gasteiger partial charge in [-0.05, 0) is 44.7 Å². The highest BCUT2D eigenvalue weighted by molar-refractivity contribution is 6.38. The van der Waals surface area contributed by atoms with Gasteiger partial charge in [-0.2, -0.15) is 28.1 Å². The van der Waals surface area contributed by atoms with Gasteiger partial charge in [0.15, 0.2) is 5.82 Å².